The number of nitrogens with two attached hydrogens (primary N) is 1. The van der Waals surface area contributed by atoms with Gasteiger partial charge in [-0.15, -0.1) is 35.1 Å². The van der Waals surface area contributed by atoms with Crippen molar-refractivity contribution in [2.45, 2.75) is 45.3 Å². The lowest BCUT2D eigenvalue weighted by molar-refractivity contribution is 0.0914. The van der Waals surface area contributed by atoms with Gasteiger partial charge in [-0.3, -0.25) is 4.90 Å². The smallest absolute Gasteiger partial charge is 0.410 e. The first kappa shape index (κ1) is 21.0. The van der Waals surface area contributed by atoms with E-state index in [2.05, 4.69) is 6.92 Å². The van der Waals surface area contributed by atoms with Gasteiger partial charge in [0.1, 0.15) is 6.61 Å². The Balaban J connectivity index is 0.00000288. The highest BCUT2D eigenvalue weighted by Gasteiger charge is 2.18. The standard InChI is InChI=1S/C17H24N2O2S2.ClH/c1-2-3-6-14(18)13-21-17(20)19(11-15-7-4-9-22-15)12-16-8-5-10-23-16;/h4-5,7-10,14H,2-3,6,11-13,18H2,1H3;1H/t14-;/m1./s1. The van der Waals surface area contributed by atoms with Crippen molar-refractivity contribution >= 4 is 41.2 Å². The molecule has 7 heteroatoms. The zero-order valence-electron chi connectivity index (χ0n) is 13.8. The third-order valence-electron chi connectivity index (χ3n) is 3.46. The second-order valence-electron chi connectivity index (χ2n) is 5.49. The average Bonchev–Trinajstić information content (AvgIpc) is 3.23. The summed E-state index contributed by atoms with van der Waals surface area (Å²) in [6, 6.07) is 7.98. The molecule has 0 saturated carbocycles. The highest BCUT2D eigenvalue weighted by Crippen LogP contribution is 2.18. The van der Waals surface area contributed by atoms with Crippen LogP contribution in [0.25, 0.3) is 0 Å². The summed E-state index contributed by atoms with van der Waals surface area (Å²) in [5.74, 6) is 0. The molecule has 0 fully saturated rings. The topological polar surface area (TPSA) is 55.6 Å². The number of hydrogen-bond acceptors (Lipinski definition) is 5. The van der Waals surface area contributed by atoms with Gasteiger partial charge in [-0.05, 0) is 29.3 Å². The van der Waals surface area contributed by atoms with Crippen molar-refractivity contribution in [2.24, 2.45) is 5.73 Å². The molecule has 2 aromatic rings. The van der Waals surface area contributed by atoms with Crippen LogP contribution in [0.3, 0.4) is 0 Å². The Morgan fingerprint density at radius 3 is 2.25 bits per heavy atom. The zero-order chi connectivity index (χ0) is 16.5. The molecule has 134 valence electrons. The molecular formula is C17H25ClN2O2S2. The van der Waals surface area contributed by atoms with E-state index in [0.717, 1.165) is 29.0 Å². The van der Waals surface area contributed by atoms with Crippen LogP contribution < -0.4 is 5.73 Å². The van der Waals surface area contributed by atoms with Crippen LogP contribution in [0.1, 0.15) is 35.9 Å². The molecule has 24 heavy (non-hydrogen) atoms. The zero-order valence-corrected chi connectivity index (χ0v) is 16.3. The molecule has 0 aliphatic rings. The van der Waals surface area contributed by atoms with Crippen molar-refractivity contribution < 1.29 is 9.53 Å². The lowest BCUT2D eigenvalue weighted by Crippen LogP contribution is -2.34. The van der Waals surface area contributed by atoms with Gasteiger partial charge in [-0.2, -0.15) is 0 Å². The summed E-state index contributed by atoms with van der Waals surface area (Å²) < 4.78 is 5.43. The van der Waals surface area contributed by atoms with Gasteiger partial charge < -0.3 is 10.5 Å². The van der Waals surface area contributed by atoms with Gasteiger partial charge in [-0.25, -0.2) is 4.79 Å². The number of hydrogen-bond donors (Lipinski definition) is 1. The monoisotopic (exact) mass is 388 g/mol. The predicted octanol–water partition coefficient (Wildman–Crippen LogP) is 4.89. The van der Waals surface area contributed by atoms with Gasteiger partial charge in [0, 0.05) is 15.8 Å². The van der Waals surface area contributed by atoms with Gasteiger partial charge in [0.2, 0.25) is 0 Å². The minimum atomic E-state index is -0.293. The number of carbonyl (C=O) groups is 1. The fourth-order valence-electron chi connectivity index (χ4n) is 2.19. The molecular weight excluding hydrogens is 364 g/mol. The predicted molar refractivity (Wildman–Crippen MR) is 104 cm³/mol. The third kappa shape index (κ3) is 7.21. The van der Waals surface area contributed by atoms with Crippen LogP contribution in [0.4, 0.5) is 4.79 Å². The van der Waals surface area contributed by atoms with E-state index >= 15 is 0 Å². The maximum atomic E-state index is 12.4. The summed E-state index contributed by atoms with van der Waals surface area (Å²) in [6.07, 6.45) is 2.76. The van der Waals surface area contributed by atoms with E-state index in [4.69, 9.17) is 10.5 Å². The first-order chi connectivity index (χ1) is 11.2. The Hall–Kier alpha value is -1.08. The van der Waals surface area contributed by atoms with Gasteiger partial charge in [0.25, 0.3) is 0 Å². The van der Waals surface area contributed by atoms with E-state index in [1.54, 1.807) is 27.6 Å². The van der Waals surface area contributed by atoms with Crippen LogP contribution in [-0.4, -0.2) is 23.6 Å². The molecule has 0 spiro atoms. The summed E-state index contributed by atoms with van der Waals surface area (Å²) in [4.78, 5) is 16.5. The Morgan fingerprint density at radius 2 is 1.79 bits per heavy atom. The fraction of sp³-hybridized carbons (Fsp3) is 0.471. The van der Waals surface area contributed by atoms with Gasteiger partial charge in [-0.1, -0.05) is 31.9 Å². The summed E-state index contributed by atoms with van der Waals surface area (Å²) in [7, 11) is 0. The van der Waals surface area contributed by atoms with Crippen LogP contribution >= 0.6 is 35.1 Å². The molecule has 1 atom stereocenters. The first-order valence-corrected chi connectivity index (χ1v) is 9.67. The number of halogens is 1. The van der Waals surface area contributed by atoms with E-state index in [1.165, 1.54) is 0 Å². The van der Waals surface area contributed by atoms with Crippen LogP contribution in [0.2, 0.25) is 0 Å². The lowest BCUT2D eigenvalue weighted by Gasteiger charge is -2.22. The molecule has 2 rings (SSSR count). The van der Waals surface area contributed by atoms with Gasteiger partial charge in [0.15, 0.2) is 0 Å². The largest absolute Gasteiger partial charge is 0.448 e. The number of rotatable bonds is 9. The average molecular weight is 389 g/mol. The Kier molecular flexibility index (Phi) is 10.0. The van der Waals surface area contributed by atoms with Crippen LogP contribution in [0.5, 0.6) is 0 Å². The Morgan fingerprint density at radius 1 is 1.21 bits per heavy atom. The normalized spacial score (nSPS) is 11.6. The van der Waals surface area contributed by atoms with Crippen molar-refractivity contribution in [2.75, 3.05) is 6.61 Å². The van der Waals surface area contributed by atoms with Crippen molar-refractivity contribution in [3.05, 3.63) is 44.8 Å². The van der Waals surface area contributed by atoms with Gasteiger partial charge in [0.05, 0.1) is 13.1 Å². The molecule has 0 aromatic carbocycles. The highest BCUT2D eigenvalue weighted by atomic mass is 35.5. The van der Waals surface area contributed by atoms with E-state index in [-0.39, 0.29) is 31.1 Å². The summed E-state index contributed by atoms with van der Waals surface area (Å²) in [6.45, 7) is 3.55. The van der Waals surface area contributed by atoms with Crippen LogP contribution in [-0.2, 0) is 17.8 Å². The fourth-order valence-corrected chi connectivity index (χ4v) is 3.62. The molecule has 0 unspecified atom stereocenters. The summed E-state index contributed by atoms with van der Waals surface area (Å²) >= 11 is 3.29. The third-order valence-corrected chi connectivity index (χ3v) is 5.18. The van der Waals surface area contributed by atoms with E-state index in [1.807, 2.05) is 35.0 Å². The van der Waals surface area contributed by atoms with Crippen molar-refractivity contribution in [3.63, 3.8) is 0 Å². The molecule has 0 radical (unpaired) electrons. The number of carbonyl (C=O) groups excluding carboxylic acids is 1. The number of thiophene rings is 2. The van der Waals surface area contributed by atoms with Crippen molar-refractivity contribution in [3.8, 4) is 0 Å². The summed E-state index contributed by atoms with van der Waals surface area (Å²) in [5, 5.41) is 4.04. The minimum absolute atomic E-state index is 0. The van der Waals surface area contributed by atoms with E-state index < -0.39 is 0 Å². The van der Waals surface area contributed by atoms with Crippen molar-refractivity contribution in [1.82, 2.24) is 4.90 Å². The number of ether oxygens (including phenoxy) is 1. The van der Waals surface area contributed by atoms with Crippen LogP contribution in [0.15, 0.2) is 35.0 Å². The molecule has 0 saturated heterocycles. The second-order valence-corrected chi connectivity index (χ2v) is 7.56. The first-order valence-electron chi connectivity index (χ1n) is 7.91. The Bertz CT molecular complexity index is 525. The highest BCUT2D eigenvalue weighted by molar-refractivity contribution is 7.10. The number of unbranched alkanes of at least 4 members (excludes halogenated alkanes) is 1. The number of amides is 1. The number of nitrogens with zero attached hydrogens (tertiary/aromatic N) is 1. The minimum Gasteiger partial charge on any atom is -0.448 e. The lowest BCUT2D eigenvalue weighted by atomic mass is 10.1. The molecule has 0 bridgehead atoms. The van der Waals surface area contributed by atoms with Crippen LogP contribution in [0, 0.1) is 0 Å². The molecule has 0 aliphatic heterocycles. The molecule has 0 aliphatic carbocycles. The van der Waals surface area contributed by atoms with E-state index in [9.17, 15) is 4.79 Å². The maximum absolute atomic E-state index is 12.4. The van der Waals surface area contributed by atoms with E-state index in [0.29, 0.717) is 13.1 Å². The molecule has 2 aromatic heterocycles. The SMILES string of the molecule is CCCC[C@@H](N)COC(=O)N(Cc1cccs1)Cc1cccs1.Cl. The second kappa shape index (κ2) is 11.5. The quantitative estimate of drug-likeness (QED) is 0.665. The maximum Gasteiger partial charge on any atom is 0.410 e. The summed E-state index contributed by atoms with van der Waals surface area (Å²) in [5.41, 5.74) is 5.99. The molecule has 2 heterocycles. The molecule has 2 N–H and O–H groups in total. The Labute approximate surface area is 158 Å². The van der Waals surface area contributed by atoms with Crippen molar-refractivity contribution in [1.29, 1.82) is 0 Å². The van der Waals surface area contributed by atoms with Gasteiger partial charge >= 0.3 is 6.09 Å². The molecule has 4 nitrogen and oxygen atoms in total. The molecule has 1 amide bonds.